The third kappa shape index (κ3) is 4.94. The Kier molecular flexibility index (Phi) is 6.12. The van der Waals surface area contributed by atoms with E-state index in [1.165, 1.54) is 0 Å². The van der Waals surface area contributed by atoms with Crippen LogP contribution in [0.5, 0.6) is 0 Å². The molecule has 0 bridgehead atoms. The van der Waals surface area contributed by atoms with E-state index < -0.39 is 0 Å². The highest BCUT2D eigenvalue weighted by molar-refractivity contribution is 7.16. The summed E-state index contributed by atoms with van der Waals surface area (Å²) in [5, 5.41) is 17.7. The summed E-state index contributed by atoms with van der Waals surface area (Å²) in [7, 11) is 0. The van der Waals surface area contributed by atoms with Gasteiger partial charge in [-0.05, 0) is 26.2 Å². The highest BCUT2D eigenvalue weighted by atomic mass is 35.5. The van der Waals surface area contributed by atoms with Gasteiger partial charge in [0.25, 0.3) is 0 Å². The van der Waals surface area contributed by atoms with E-state index >= 15 is 0 Å². The number of unbranched alkanes of at least 4 members (excludes halogenated alkanes) is 1. The van der Waals surface area contributed by atoms with E-state index in [1.807, 2.05) is 18.4 Å². The molecule has 2 rings (SSSR count). The van der Waals surface area contributed by atoms with E-state index in [9.17, 15) is 4.79 Å². The van der Waals surface area contributed by atoms with E-state index in [0.717, 1.165) is 41.3 Å². The van der Waals surface area contributed by atoms with Crippen LogP contribution in [0, 0.1) is 18.3 Å². The van der Waals surface area contributed by atoms with E-state index in [-0.39, 0.29) is 16.1 Å². The van der Waals surface area contributed by atoms with Crippen LogP contribution in [0.4, 0.5) is 9.93 Å². The summed E-state index contributed by atoms with van der Waals surface area (Å²) in [5.41, 5.74) is 1.05. The lowest BCUT2D eigenvalue weighted by Gasteiger charge is -2.04. The van der Waals surface area contributed by atoms with Crippen molar-refractivity contribution in [3.8, 4) is 6.07 Å². The number of hydrogen-bond acceptors (Lipinski definition) is 6. The van der Waals surface area contributed by atoms with Crippen LogP contribution in [-0.2, 0) is 6.42 Å². The van der Waals surface area contributed by atoms with Gasteiger partial charge in [-0.3, -0.25) is 5.32 Å². The summed E-state index contributed by atoms with van der Waals surface area (Å²) >= 11 is 8.45. The summed E-state index contributed by atoms with van der Waals surface area (Å²) in [6, 6.07) is 1.57. The number of nitriles is 1. The Hall–Kier alpha value is -1.69. The lowest BCUT2D eigenvalue weighted by molar-refractivity contribution is 0.252. The quantitative estimate of drug-likeness (QED) is 0.775. The smallest absolute Gasteiger partial charge is 0.321 e. The standard InChI is InChI=1S/C13H14ClN5OS2/c1-8-7-21-10(17-8)4-2-3-5-16-12(20)19-13-18-11(14)9(6-15)22-13/h7H,2-5H2,1H3,(H2,16,18,19,20). The molecule has 0 saturated heterocycles. The monoisotopic (exact) mass is 355 g/mol. The lowest BCUT2D eigenvalue weighted by Crippen LogP contribution is -2.29. The Bertz CT molecular complexity index is 691. The van der Waals surface area contributed by atoms with Gasteiger partial charge >= 0.3 is 6.03 Å². The number of carbonyl (C=O) groups excluding carboxylic acids is 1. The molecule has 2 aromatic heterocycles. The van der Waals surface area contributed by atoms with E-state index in [1.54, 1.807) is 11.3 Å². The van der Waals surface area contributed by atoms with Crippen molar-refractivity contribution in [2.45, 2.75) is 26.2 Å². The maximum Gasteiger partial charge on any atom is 0.321 e. The van der Waals surface area contributed by atoms with Gasteiger partial charge in [-0.15, -0.1) is 11.3 Å². The van der Waals surface area contributed by atoms with Gasteiger partial charge in [-0.1, -0.05) is 22.9 Å². The first-order chi connectivity index (χ1) is 10.6. The molecule has 9 heteroatoms. The number of thiazole rings is 2. The minimum Gasteiger partial charge on any atom is -0.338 e. The normalized spacial score (nSPS) is 10.2. The number of rotatable bonds is 6. The molecule has 0 aliphatic carbocycles. The molecule has 0 aliphatic heterocycles. The summed E-state index contributed by atoms with van der Waals surface area (Å²) in [4.78, 5) is 20.2. The van der Waals surface area contributed by atoms with Crippen molar-refractivity contribution < 1.29 is 4.79 Å². The first kappa shape index (κ1) is 16.7. The number of aromatic nitrogens is 2. The van der Waals surface area contributed by atoms with Gasteiger partial charge in [0.05, 0.1) is 5.01 Å². The highest BCUT2D eigenvalue weighted by Crippen LogP contribution is 2.25. The van der Waals surface area contributed by atoms with E-state index in [0.29, 0.717) is 11.7 Å². The molecule has 0 unspecified atom stereocenters. The average molecular weight is 356 g/mol. The molecule has 22 heavy (non-hydrogen) atoms. The van der Waals surface area contributed by atoms with Gasteiger partial charge in [0, 0.05) is 17.6 Å². The van der Waals surface area contributed by atoms with Crippen LogP contribution in [-0.4, -0.2) is 22.5 Å². The number of aryl methyl sites for hydroxylation is 2. The third-order valence-electron chi connectivity index (χ3n) is 2.68. The molecule has 2 heterocycles. The number of anilines is 1. The Balaban J connectivity index is 1.64. The molecule has 6 nitrogen and oxygen atoms in total. The maximum atomic E-state index is 11.7. The minimum absolute atomic E-state index is 0.113. The van der Waals surface area contributed by atoms with Crippen molar-refractivity contribution in [1.29, 1.82) is 5.26 Å². The minimum atomic E-state index is -0.347. The van der Waals surface area contributed by atoms with Crippen LogP contribution in [0.25, 0.3) is 0 Å². The van der Waals surface area contributed by atoms with E-state index in [2.05, 4.69) is 20.6 Å². The van der Waals surface area contributed by atoms with Crippen LogP contribution in [0.2, 0.25) is 5.15 Å². The van der Waals surface area contributed by atoms with Crippen molar-refractivity contribution in [1.82, 2.24) is 15.3 Å². The number of carbonyl (C=O) groups is 1. The SMILES string of the molecule is Cc1csc(CCCCNC(=O)Nc2nc(Cl)c(C#N)s2)n1. The summed E-state index contributed by atoms with van der Waals surface area (Å²) in [6.45, 7) is 2.55. The summed E-state index contributed by atoms with van der Waals surface area (Å²) in [6.07, 6.45) is 2.76. The number of halogens is 1. The van der Waals surface area contributed by atoms with Crippen molar-refractivity contribution in [3.05, 3.63) is 26.1 Å². The second-order valence-electron chi connectivity index (χ2n) is 4.47. The molecule has 2 amide bonds. The van der Waals surface area contributed by atoms with Crippen molar-refractivity contribution in [2.24, 2.45) is 0 Å². The van der Waals surface area contributed by atoms with Gasteiger partial charge in [-0.25, -0.2) is 14.8 Å². The predicted molar refractivity (Wildman–Crippen MR) is 88.6 cm³/mol. The number of amides is 2. The van der Waals surface area contributed by atoms with Crippen molar-refractivity contribution in [3.63, 3.8) is 0 Å². The van der Waals surface area contributed by atoms with Crippen LogP contribution in [0.3, 0.4) is 0 Å². The molecule has 0 saturated carbocycles. The molecule has 2 N–H and O–H groups in total. The zero-order valence-electron chi connectivity index (χ0n) is 11.9. The fourth-order valence-corrected chi connectivity index (χ4v) is 3.45. The molecule has 0 fully saturated rings. The zero-order chi connectivity index (χ0) is 15.9. The average Bonchev–Trinajstić information content (AvgIpc) is 3.04. The third-order valence-corrected chi connectivity index (χ3v) is 4.96. The zero-order valence-corrected chi connectivity index (χ0v) is 14.2. The molecule has 0 aromatic carbocycles. The Morgan fingerprint density at radius 3 is 2.91 bits per heavy atom. The number of nitrogens with one attached hydrogen (secondary N) is 2. The van der Waals surface area contributed by atoms with Gasteiger partial charge in [-0.2, -0.15) is 5.26 Å². The van der Waals surface area contributed by atoms with E-state index in [4.69, 9.17) is 16.9 Å². The number of urea groups is 1. The largest absolute Gasteiger partial charge is 0.338 e. The summed E-state index contributed by atoms with van der Waals surface area (Å²) in [5.74, 6) is 0. The number of hydrogen-bond donors (Lipinski definition) is 2. The summed E-state index contributed by atoms with van der Waals surface area (Å²) < 4.78 is 0. The lowest BCUT2D eigenvalue weighted by atomic mass is 10.2. The Labute approximate surface area is 141 Å². The van der Waals surface area contributed by atoms with Gasteiger partial charge < -0.3 is 5.32 Å². The Morgan fingerprint density at radius 2 is 2.27 bits per heavy atom. The topological polar surface area (TPSA) is 90.7 Å². The molecule has 0 spiro atoms. The van der Waals surface area contributed by atoms with Crippen LogP contribution >= 0.6 is 34.3 Å². The molecule has 0 radical (unpaired) electrons. The van der Waals surface area contributed by atoms with Gasteiger partial charge in [0.15, 0.2) is 10.3 Å². The second kappa shape index (κ2) is 8.08. The van der Waals surface area contributed by atoms with Crippen LogP contribution in [0.1, 0.15) is 28.4 Å². The predicted octanol–water partition coefficient (Wildman–Crippen LogP) is 3.58. The molecule has 0 atom stereocenters. The van der Waals surface area contributed by atoms with Crippen molar-refractivity contribution >= 4 is 45.4 Å². The molecular formula is C13H14ClN5OS2. The van der Waals surface area contributed by atoms with Crippen LogP contribution < -0.4 is 10.6 Å². The molecular weight excluding hydrogens is 342 g/mol. The Morgan fingerprint density at radius 1 is 1.45 bits per heavy atom. The fourth-order valence-electron chi connectivity index (χ4n) is 1.69. The van der Waals surface area contributed by atoms with Gasteiger partial charge in [0.1, 0.15) is 10.9 Å². The first-order valence-electron chi connectivity index (χ1n) is 6.60. The number of nitrogens with zero attached hydrogens (tertiary/aromatic N) is 3. The molecule has 2 aromatic rings. The first-order valence-corrected chi connectivity index (χ1v) is 8.68. The van der Waals surface area contributed by atoms with Gasteiger partial charge in [0.2, 0.25) is 0 Å². The van der Waals surface area contributed by atoms with Crippen molar-refractivity contribution in [2.75, 3.05) is 11.9 Å². The highest BCUT2D eigenvalue weighted by Gasteiger charge is 2.10. The second-order valence-corrected chi connectivity index (χ2v) is 6.77. The molecule has 0 aliphatic rings. The molecule has 116 valence electrons. The fraction of sp³-hybridized carbons (Fsp3) is 0.385. The maximum absolute atomic E-state index is 11.7. The van der Waals surface area contributed by atoms with Crippen LogP contribution in [0.15, 0.2) is 5.38 Å².